The van der Waals surface area contributed by atoms with Gasteiger partial charge in [-0.2, -0.15) is 0 Å². The summed E-state index contributed by atoms with van der Waals surface area (Å²) in [6.45, 7) is -1.18. The first-order chi connectivity index (χ1) is 6.95. The molecule has 1 rings (SSSR count). The fourth-order valence-corrected chi connectivity index (χ4v) is 3.10. The van der Waals surface area contributed by atoms with E-state index in [0.717, 1.165) is 11.3 Å². The zero-order chi connectivity index (χ0) is 11.5. The molecule has 0 aliphatic carbocycles. The van der Waals surface area contributed by atoms with E-state index in [9.17, 15) is 17.2 Å². The summed E-state index contributed by atoms with van der Waals surface area (Å²) in [6, 6.07) is 2.70. The van der Waals surface area contributed by atoms with Crippen LogP contribution in [0.4, 0.5) is 8.78 Å². The van der Waals surface area contributed by atoms with Gasteiger partial charge in [0.25, 0.3) is 6.43 Å². The molecule has 2 N–H and O–H groups in total. The van der Waals surface area contributed by atoms with Crippen LogP contribution >= 0.6 is 11.3 Å². The van der Waals surface area contributed by atoms with Gasteiger partial charge in [0.1, 0.15) is 4.21 Å². The van der Waals surface area contributed by atoms with E-state index < -0.39 is 23.0 Å². The van der Waals surface area contributed by atoms with Crippen LogP contribution in [-0.2, 0) is 16.6 Å². The average Bonchev–Trinajstić information content (AvgIpc) is 2.63. The highest BCUT2D eigenvalue weighted by Gasteiger charge is 2.18. The minimum absolute atomic E-state index is 0.0767. The van der Waals surface area contributed by atoms with Gasteiger partial charge in [-0.3, -0.25) is 0 Å². The van der Waals surface area contributed by atoms with Gasteiger partial charge in [-0.15, -0.1) is 11.3 Å². The summed E-state index contributed by atoms with van der Waals surface area (Å²) >= 11 is 0.846. The van der Waals surface area contributed by atoms with E-state index in [0.29, 0.717) is 4.88 Å². The van der Waals surface area contributed by atoms with E-state index in [1.807, 2.05) is 0 Å². The Morgan fingerprint density at radius 1 is 1.47 bits per heavy atom. The van der Waals surface area contributed by atoms with Gasteiger partial charge in [-0.05, 0) is 12.1 Å². The number of alkyl halides is 2. The Morgan fingerprint density at radius 2 is 2.13 bits per heavy atom. The third-order valence-electron chi connectivity index (χ3n) is 1.49. The second-order valence-electron chi connectivity index (χ2n) is 2.62. The first kappa shape index (κ1) is 12.5. The number of hydrogen-bond donors (Lipinski definition) is 2. The second kappa shape index (κ2) is 4.97. The number of halogens is 2. The molecule has 0 saturated heterocycles. The quantitative estimate of drug-likeness (QED) is 0.819. The maximum Gasteiger partial charge on any atom is 0.251 e. The molecule has 0 fully saturated rings. The van der Waals surface area contributed by atoms with E-state index in [4.69, 9.17) is 5.11 Å². The molecule has 0 atom stereocenters. The number of nitrogens with one attached hydrogen (secondary N) is 1. The standard InChI is InChI=1S/C7H9F2NO3S2/c8-6(9)3-10-15(12,13)7-2-1-5(4-11)14-7/h1-2,6,10-11H,3-4H2. The zero-order valence-electron chi connectivity index (χ0n) is 7.48. The second-order valence-corrected chi connectivity index (χ2v) is 5.78. The molecule has 1 aromatic heterocycles. The maximum atomic E-state index is 11.8. The van der Waals surface area contributed by atoms with Crippen LogP contribution in [0.3, 0.4) is 0 Å². The monoisotopic (exact) mass is 257 g/mol. The molecule has 0 spiro atoms. The molecule has 1 aromatic rings. The largest absolute Gasteiger partial charge is 0.391 e. The summed E-state index contributed by atoms with van der Waals surface area (Å²) in [7, 11) is -3.87. The molecule has 0 radical (unpaired) electrons. The number of aliphatic hydroxyl groups is 1. The summed E-state index contributed by atoms with van der Waals surface area (Å²) < 4.78 is 48.0. The van der Waals surface area contributed by atoms with Crippen molar-refractivity contribution in [3.8, 4) is 0 Å². The zero-order valence-corrected chi connectivity index (χ0v) is 9.12. The lowest BCUT2D eigenvalue weighted by atomic mass is 10.5. The molecule has 86 valence electrons. The van der Waals surface area contributed by atoms with Crippen molar-refractivity contribution in [3.05, 3.63) is 17.0 Å². The van der Waals surface area contributed by atoms with Crippen molar-refractivity contribution in [3.63, 3.8) is 0 Å². The smallest absolute Gasteiger partial charge is 0.251 e. The normalized spacial score (nSPS) is 12.3. The molecule has 1 heterocycles. The van der Waals surface area contributed by atoms with Crippen LogP contribution in [0.2, 0.25) is 0 Å². The van der Waals surface area contributed by atoms with Crippen molar-refractivity contribution in [1.82, 2.24) is 4.72 Å². The Balaban J connectivity index is 2.77. The van der Waals surface area contributed by atoms with E-state index in [1.54, 1.807) is 4.72 Å². The summed E-state index contributed by atoms with van der Waals surface area (Å²) in [5.41, 5.74) is 0. The van der Waals surface area contributed by atoms with Gasteiger partial charge in [0.2, 0.25) is 10.0 Å². The Kier molecular flexibility index (Phi) is 4.14. The summed E-state index contributed by atoms with van der Waals surface area (Å²) in [6.07, 6.45) is -2.72. The Hall–Kier alpha value is -0.570. The minimum atomic E-state index is -3.87. The lowest BCUT2D eigenvalue weighted by Crippen LogP contribution is -2.27. The fraction of sp³-hybridized carbons (Fsp3) is 0.429. The van der Waals surface area contributed by atoms with Gasteiger partial charge < -0.3 is 5.11 Å². The topological polar surface area (TPSA) is 66.4 Å². The predicted molar refractivity (Wildman–Crippen MR) is 51.4 cm³/mol. The highest BCUT2D eigenvalue weighted by Crippen LogP contribution is 2.21. The van der Waals surface area contributed by atoms with Gasteiger partial charge in [-0.25, -0.2) is 21.9 Å². The SMILES string of the molecule is O=S(=O)(NCC(F)F)c1ccc(CO)s1. The van der Waals surface area contributed by atoms with Crippen LogP contribution in [0.5, 0.6) is 0 Å². The third-order valence-corrected chi connectivity index (χ3v) is 4.47. The van der Waals surface area contributed by atoms with Crippen LogP contribution in [0.1, 0.15) is 4.88 Å². The van der Waals surface area contributed by atoms with Crippen LogP contribution in [-0.4, -0.2) is 26.5 Å². The molecule has 4 nitrogen and oxygen atoms in total. The van der Waals surface area contributed by atoms with Crippen LogP contribution in [0.25, 0.3) is 0 Å². The Bertz CT molecular complexity index is 416. The molecule has 0 saturated carbocycles. The van der Waals surface area contributed by atoms with Crippen LogP contribution in [0, 0.1) is 0 Å². The minimum Gasteiger partial charge on any atom is -0.391 e. The third kappa shape index (κ3) is 3.49. The Morgan fingerprint density at radius 3 is 2.60 bits per heavy atom. The molecule has 0 aliphatic heterocycles. The summed E-state index contributed by atoms with van der Waals surface area (Å²) in [4.78, 5) is 0.465. The summed E-state index contributed by atoms with van der Waals surface area (Å²) in [5.74, 6) is 0. The lowest BCUT2D eigenvalue weighted by molar-refractivity contribution is 0.153. The molecule has 8 heteroatoms. The van der Waals surface area contributed by atoms with Gasteiger partial charge in [0, 0.05) is 4.88 Å². The molecule has 0 bridgehead atoms. The van der Waals surface area contributed by atoms with Crippen molar-refractivity contribution in [2.75, 3.05) is 6.54 Å². The van der Waals surface area contributed by atoms with Crippen LogP contribution < -0.4 is 4.72 Å². The van der Waals surface area contributed by atoms with Gasteiger partial charge in [0.05, 0.1) is 13.2 Å². The predicted octanol–water partition coefficient (Wildman–Crippen LogP) is 0.784. The molecule has 0 unspecified atom stereocenters. The van der Waals surface area contributed by atoms with E-state index in [-0.39, 0.29) is 10.8 Å². The number of aliphatic hydroxyl groups excluding tert-OH is 1. The molecular weight excluding hydrogens is 248 g/mol. The fourth-order valence-electron chi connectivity index (χ4n) is 0.831. The van der Waals surface area contributed by atoms with E-state index in [2.05, 4.69) is 0 Å². The molecule has 15 heavy (non-hydrogen) atoms. The van der Waals surface area contributed by atoms with Crippen molar-refractivity contribution in [1.29, 1.82) is 0 Å². The van der Waals surface area contributed by atoms with Crippen LogP contribution in [0.15, 0.2) is 16.3 Å². The first-order valence-electron chi connectivity index (χ1n) is 3.93. The van der Waals surface area contributed by atoms with Crippen molar-refractivity contribution >= 4 is 21.4 Å². The van der Waals surface area contributed by atoms with E-state index >= 15 is 0 Å². The van der Waals surface area contributed by atoms with Crippen molar-refractivity contribution in [2.24, 2.45) is 0 Å². The molecule has 0 aromatic carbocycles. The Labute approximate surface area is 89.6 Å². The molecule has 0 amide bonds. The van der Waals surface area contributed by atoms with Crippen molar-refractivity contribution < 1.29 is 22.3 Å². The number of sulfonamides is 1. The highest BCUT2D eigenvalue weighted by molar-refractivity contribution is 7.91. The number of hydrogen-bond acceptors (Lipinski definition) is 4. The van der Waals surface area contributed by atoms with Gasteiger partial charge >= 0.3 is 0 Å². The first-order valence-corrected chi connectivity index (χ1v) is 6.23. The number of rotatable bonds is 5. The lowest BCUT2D eigenvalue weighted by Gasteiger charge is -2.02. The van der Waals surface area contributed by atoms with Crippen molar-refractivity contribution in [2.45, 2.75) is 17.2 Å². The molecule has 0 aliphatic rings. The van der Waals surface area contributed by atoms with Gasteiger partial charge in [0.15, 0.2) is 0 Å². The highest BCUT2D eigenvalue weighted by atomic mass is 32.2. The number of thiophene rings is 1. The van der Waals surface area contributed by atoms with Gasteiger partial charge in [-0.1, -0.05) is 0 Å². The summed E-state index contributed by atoms with van der Waals surface area (Å²) in [5, 5.41) is 8.71. The average molecular weight is 257 g/mol. The van der Waals surface area contributed by atoms with E-state index in [1.165, 1.54) is 12.1 Å². The molecular formula is C7H9F2NO3S2. The maximum absolute atomic E-state index is 11.8.